The third kappa shape index (κ3) is 5.60. The van der Waals surface area contributed by atoms with Crippen LogP contribution in [0.25, 0.3) is 0 Å². The molecular formula is C18H37N5O. The summed E-state index contributed by atoms with van der Waals surface area (Å²) in [7, 11) is 0. The lowest BCUT2D eigenvalue weighted by molar-refractivity contribution is 0.0153. The molecule has 0 aromatic heterocycles. The number of hydrogen-bond acceptors (Lipinski definition) is 4. The van der Waals surface area contributed by atoms with Gasteiger partial charge in [-0.3, -0.25) is 14.8 Å². The molecule has 0 saturated carbocycles. The minimum atomic E-state index is -0.662. The molecule has 0 amide bonds. The number of piperazine rings is 3. The van der Waals surface area contributed by atoms with E-state index in [0.717, 1.165) is 51.3 Å². The van der Waals surface area contributed by atoms with Gasteiger partial charge >= 0.3 is 0 Å². The number of aliphatic hydroxyl groups is 1. The Kier molecular flexibility index (Phi) is 7.78. The lowest BCUT2D eigenvalue weighted by Gasteiger charge is -2.47. The Morgan fingerprint density at radius 1 is 1.08 bits per heavy atom. The average Bonchev–Trinajstić information content (AvgIpc) is 2.59. The summed E-state index contributed by atoms with van der Waals surface area (Å²) in [5.74, 6) is 0.834. The second kappa shape index (κ2) is 9.59. The molecule has 3 N–H and O–H groups in total. The van der Waals surface area contributed by atoms with Gasteiger partial charge < -0.3 is 15.7 Å². The quantitative estimate of drug-likeness (QED) is 0.430. The van der Waals surface area contributed by atoms with Crippen molar-refractivity contribution in [3.63, 3.8) is 0 Å². The monoisotopic (exact) mass is 339 g/mol. The molecule has 6 nitrogen and oxygen atoms in total. The minimum absolute atomic E-state index is 0.477. The fourth-order valence-corrected chi connectivity index (χ4v) is 3.91. The lowest BCUT2D eigenvalue weighted by atomic mass is 9.93. The van der Waals surface area contributed by atoms with Crippen LogP contribution in [0.3, 0.4) is 0 Å². The highest BCUT2D eigenvalue weighted by atomic mass is 16.3. The van der Waals surface area contributed by atoms with Crippen LogP contribution in [0.1, 0.15) is 46.5 Å². The topological polar surface area (TPSA) is 63.1 Å². The van der Waals surface area contributed by atoms with E-state index in [9.17, 15) is 5.11 Å². The molecule has 3 heterocycles. The molecular weight excluding hydrogens is 302 g/mol. The zero-order valence-electron chi connectivity index (χ0n) is 15.9. The SMILES string of the molecule is CCCC(O)(CCC)CN=C(NCC)NCC1CN2CCN1CC2. The molecule has 0 spiro atoms. The number of nitrogens with one attached hydrogen (secondary N) is 2. The van der Waals surface area contributed by atoms with Gasteiger partial charge in [0.05, 0.1) is 12.1 Å². The molecule has 6 heteroatoms. The van der Waals surface area contributed by atoms with Crippen LogP contribution in [0.4, 0.5) is 0 Å². The molecule has 3 aliphatic heterocycles. The summed E-state index contributed by atoms with van der Waals surface area (Å²) in [5, 5.41) is 17.6. The Labute approximate surface area is 147 Å². The van der Waals surface area contributed by atoms with Crippen LogP contribution in [0, 0.1) is 0 Å². The average molecular weight is 340 g/mol. The fourth-order valence-electron chi connectivity index (χ4n) is 3.91. The largest absolute Gasteiger partial charge is 0.388 e. The van der Waals surface area contributed by atoms with Crippen molar-refractivity contribution in [3.05, 3.63) is 0 Å². The van der Waals surface area contributed by atoms with Crippen LogP contribution in [-0.4, -0.2) is 84.9 Å². The first-order valence-electron chi connectivity index (χ1n) is 9.81. The first-order chi connectivity index (χ1) is 11.6. The molecule has 0 aliphatic carbocycles. The van der Waals surface area contributed by atoms with Gasteiger partial charge in [-0.25, -0.2) is 0 Å². The van der Waals surface area contributed by atoms with Crippen LogP contribution in [0.15, 0.2) is 4.99 Å². The summed E-state index contributed by atoms with van der Waals surface area (Å²) in [6.07, 6.45) is 3.61. The van der Waals surface area contributed by atoms with Crippen LogP contribution < -0.4 is 10.6 Å². The first kappa shape index (κ1) is 19.5. The number of guanidine groups is 1. The Bertz CT molecular complexity index is 387. The van der Waals surface area contributed by atoms with E-state index in [2.05, 4.69) is 46.2 Å². The second-order valence-electron chi connectivity index (χ2n) is 7.29. The van der Waals surface area contributed by atoms with E-state index >= 15 is 0 Å². The number of hydrogen-bond donors (Lipinski definition) is 3. The molecule has 0 aromatic carbocycles. The van der Waals surface area contributed by atoms with Crippen molar-refractivity contribution in [2.45, 2.75) is 58.1 Å². The van der Waals surface area contributed by atoms with Crippen molar-refractivity contribution in [1.82, 2.24) is 20.4 Å². The third-order valence-electron chi connectivity index (χ3n) is 5.20. The Morgan fingerprint density at radius 2 is 1.75 bits per heavy atom. The molecule has 3 aliphatic rings. The molecule has 1 atom stereocenters. The van der Waals surface area contributed by atoms with Crippen molar-refractivity contribution >= 4 is 5.96 Å². The molecule has 3 saturated heterocycles. The second-order valence-corrected chi connectivity index (χ2v) is 7.29. The molecule has 3 fully saturated rings. The maximum absolute atomic E-state index is 10.8. The highest BCUT2D eigenvalue weighted by Crippen LogP contribution is 2.20. The molecule has 0 aromatic rings. The Morgan fingerprint density at radius 3 is 2.25 bits per heavy atom. The Balaban J connectivity index is 1.87. The van der Waals surface area contributed by atoms with Crippen molar-refractivity contribution in [1.29, 1.82) is 0 Å². The lowest BCUT2D eigenvalue weighted by Crippen LogP contribution is -2.63. The molecule has 0 radical (unpaired) electrons. The standard InChI is InChI=1S/C18H37N5O/c1-4-7-18(24,8-5-2)15-21-17(19-6-3)20-13-16-14-22-9-11-23(16)12-10-22/h16,24H,4-15H2,1-3H3,(H2,19,20,21). The smallest absolute Gasteiger partial charge is 0.191 e. The van der Waals surface area contributed by atoms with Crippen LogP contribution >= 0.6 is 0 Å². The molecule has 3 rings (SSSR count). The summed E-state index contributed by atoms with van der Waals surface area (Å²) in [6, 6.07) is 0.571. The van der Waals surface area contributed by atoms with Crippen molar-refractivity contribution < 1.29 is 5.11 Å². The van der Waals surface area contributed by atoms with Crippen LogP contribution in [0.5, 0.6) is 0 Å². The van der Waals surface area contributed by atoms with Gasteiger partial charge in [-0.2, -0.15) is 0 Å². The van der Waals surface area contributed by atoms with Crippen LogP contribution in [0.2, 0.25) is 0 Å². The molecule has 24 heavy (non-hydrogen) atoms. The normalized spacial score (nSPS) is 27.3. The fraction of sp³-hybridized carbons (Fsp3) is 0.944. The van der Waals surface area contributed by atoms with E-state index in [1.807, 2.05) is 0 Å². The third-order valence-corrected chi connectivity index (χ3v) is 5.20. The van der Waals surface area contributed by atoms with Gasteiger partial charge in [-0.05, 0) is 19.8 Å². The number of rotatable bonds is 9. The molecule has 2 bridgehead atoms. The van der Waals surface area contributed by atoms with Gasteiger partial charge in [-0.15, -0.1) is 0 Å². The molecule has 1 unspecified atom stereocenters. The van der Waals surface area contributed by atoms with E-state index in [4.69, 9.17) is 0 Å². The first-order valence-corrected chi connectivity index (χ1v) is 9.81. The van der Waals surface area contributed by atoms with Gasteiger partial charge in [0.15, 0.2) is 5.96 Å². The summed E-state index contributed by atoms with van der Waals surface area (Å²) in [6.45, 7) is 14.5. The number of aliphatic imine (C=N–C) groups is 1. The number of nitrogens with zero attached hydrogens (tertiary/aromatic N) is 3. The summed E-state index contributed by atoms with van der Waals surface area (Å²) < 4.78 is 0. The van der Waals surface area contributed by atoms with E-state index in [1.54, 1.807) is 0 Å². The maximum Gasteiger partial charge on any atom is 0.191 e. The van der Waals surface area contributed by atoms with Gasteiger partial charge in [-0.1, -0.05) is 26.7 Å². The zero-order chi connectivity index (χ0) is 17.4. The van der Waals surface area contributed by atoms with Crippen molar-refractivity contribution in [2.24, 2.45) is 4.99 Å². The van der Waals surface area contributed by atoms with Gasteiger partial charge in [0.25, 0.3) is 0 Å². The van der Waals surface area contributed by atoms with E-state index in [-0.39, 0.29) is 0 Å². The Hall–Kier alpha value is -0.850. The van der Waals surface area contributed by atoms with Gasteiger partial charge in [0.1, 0.15) is 0 Å². The van der Waals surface area contributed by atoms with Gasteiger partial charge in [0, 0.05) is 51.9 Å². The zero-order valence-corrected chi connectivity index (χ0v) is 15.9. The maximum atomic E-state index is 10.8. The predicted molar refractivity (Wildman–Crippen MR) is 101 cm³/mol. The van der Waals surface area contributed by atoms with E-state index in [0.29, 0.717) is 12.6 Å². The minimum Gasteiger partial charge on any atom is -0.388 e. The van der Waals surface area contributed by atoms with Crippen molar-refractivity contribution in [2.75, 3.05) is 52.4 Å². The predicted octanol–water partition coefficient (Wildman–Crippen LogP) is 0.873. The van der Waals surface area contributed by atoms with Crippen molar-refractivity contribution in [3.8, 4) is 0 Å². The summed E-state index contributed by atoms with van der Waals surface area (Å²) in [4.78, 5) is 9.82. The van der Waals surface area contributed by atoms with Crippen LogP contribution in [-0.2, 0) is 0 Å². The van der Waals surface area contributed by atoms with E-state index < -0.39 is 5.60 Å². The molecule has 140 valence electrons. The highest BCUT2D eigenvalue weighted by molar-refractivity contribution is 5.79. The summed E-state index contributed by atoms with van der Waals surface area (Å²) >= 11 is 0. The highest BCUT2D eigenvalue weighted by Gasteiger charge is 2.31. The van der Waals surface area contributed by atoms with E-state index in [1.165, 1.54) is 26.2 Å². The number of fused-ring (bicyclic) bond motifs is 3. The van der Waals surface area contributed by atoms with Gasteiger partial charge in [0.2, 0.25) is 0 Å². The summed E-state index contributed by atoms with van der Waals surface area (Å²) in [5.41, 5.74) is -0.662.